The molecule has 1 saturated heterocycles. The third kappa shape index (κ3) is 7.48. The van der Waals surface area contributed by atoms with Crippen LogP contribution in [0, 0.1) is 5.41 Å². The van der Waals surface area contributed by atoms with Crippen molar-refractivity contribution in [3.63, 3.8) is 0 Å². The summed E-state index contributed by atoms with van der Waals surface area (Å²) < 4.78 is 20.9. The molecule has 0 aromatic carbocycles. The summed E-state index contributed by atoms with van der Waals surface area (Å²) in [5.41, 5.74) is -0.0325. The Balaban J connectivity index is 1.93. The molecule has 0 radical (unpaired) electrons. The molecule has 0 unspecified atom stereocenters. The minimum atomic E-state index is -4.07. The van der Waals surface area contributed by atoms with E-state index in [9.17, 15) is 19.3 Å². The van der Waals surface area contributed by atoms with Crippen molar-refractivity contribution in [3.8, 4) is 0 Å². The predicted molar refractivity (Wildman–Crippen MR) is 111 cm³/mol. The van der Waals surface area contributed by atoms with Gasteiger partial charge in [0.25, 0.3) is 0 Å². The summed E-state index contributed by atoms with van der Waals surface area (Å²) in [5.74, 6) is -1.59. The zero-order valence-corrected chi connectivity index (χ0v) is 19.0. The van der Waals surface area contributed by atoms with Crippen LogP contribution in [0.5, 0.6) is 0 Å². The molecule has 1 amide bonds. The van der Waals surface area contributed by atoms with Gasteiger partial charge in [0.2, 0.25) is 0 Å². The van der Waals surface area contributed by atoms with Gasteiger partial charge in [0.1, 0.15) is 0 Å². The van der Waals surface area contributed by atoms with Crippen LogP contribution in [0.3, 0.4) is 0 Å². The Morgan fingerprint density at radius 3 is 2.81 bits per heavy atom. The predicted octanol–water partition coefficient (Wildman–Crippen LogP) is 0.626. The second-order valence-corrected chi connectivity index (χ2v) is 9.79. The van der Waals surface area contributed by atoms with E-state index in [0.29, 0.717) is 0 Å². The van der Waals surface area contributed by atoms with Gasteiger partial charge < -0.3 is 0 Å². The molecule has 2 atom stereocenters. The molecule has 2 rings (SSSR count). The van der Waals surface area contributed by atoms with Crippen molar-refractivity contribution in [1.82, 2.24) is 15.4 Å². The number of nitrogens with one attached hydrogen (secondary N) is 2. The van der Waals surface area contributed by atoms with Gasteiger partial charge in [0.05, 0.1) is 0 Å². The zero-order valence-electron chi connectivity index (χ0n) is 18.0. The average molecular weight is 459 g/mol. The molecule has 1 aliphatic rings. The fraction of sp³-hybridized carbons (Fsp3) is 0.579. The standard InChI is InChI=1S/C19H30N3O8P/c1-13(18(25)28-11-14-6-5-8-20-10-14)22-31(26)29-12-19(2,3)16(30-31)17(24)21-9-7-15(23)27-4/h5-6,8,10,13,16,22,26,31H,7,9,11-12H2,1-4H3,(H,21,24)/t13-,16+/m1/s1. The Kier molecular flexibility index (Phi) is 8.84. The maximum absolute atomic E-state index is 12.6. The Labute approximate surface area is 181 Å². The van der Waals surface area contributed by atoms with Gasteiger partial charge >= 0.3 is 181 Å². The number of esters is 2. The van der Waals surface area contributed by atoms with E-state index >= 15 is 0 Å². The SMILES string of the molecule is COC(=O)CCNC(=O)[C@@H]1O[PH](O)(N[C@H](C)C(=O)OCc2cccnc2)OCC1(C)C. The molecular weight excluding hydrogens is 429 g/mol. The van der Waals surface area contributed by atoms with Gasteiger partial charge in [0, 0.05) is 0 Å². The van der Waals surface area contributed by atoms with Crippen molar-refractivity contribution in [2.24, 2.45) is 5.41 Å². The number of amides is 1. The molecule has 1 aromatic heterocycles. The van der Waals surface area contributed by atoms with Gasteiger partial charge in [-0.2, -0.15) is 0 Å². The van der Waals surface area contributed by atoms with Crippen LogP contribution < -0.4 is 10.4 Å². The second kappa shape index (κ2) is 10.9. The van der Waals surface area contributed by atoms with Crippen LogP contribution in [-0.2, 0) is 39.5 Å². The van der Waals surface area contributed by atoms with E-state index in [-0.39, 0.29) is 26.2 Å². The van der Waals surface area contributed by atoms with Crippen molar-refractivity contribution in [2.75, 3.05) is 20.3 Å². The van der Waals surface area contributed by atoms with E-state index in [2.05, 4.69) is 20.1 Å². The molecule has 0 bridgehead atoms. The monoisotopic (exact) mass is 459 g/mol. The van der Waals surface area contributed by atoms with Crippen LogP contribution in [0.4, 0.5) is 0 Å². The number of methoxy groups -OCH3 is 1. The Hall–Kier alpha value is -2.17. The average Bonchev–Trinajstić information content (AvgIpc) is 2.74. The number of hydrogen-bond donors (Lipinski definition) is 3. The first-order valence-corrected chi connectivity index (χ1v) is 11.5. The molecule has 1 aromatic rings. The first-order chi connectivity index (χ1) is 14.6. The molecule has 3 N–H and O–H groups in total. The van der Waals surface area contributed by atoms with Crippen LogP contribution in [0.15, 0.2) is 24.5 Å². The summed E-state index contributed by atoms with van der Waals surface area (Å²) in [5, 5.41) is 5.23. The third-order valence-electron chi connectivity index (χ3n) is 4.58. The molecule has 12 heteroatoms. The molecule has 0 aliphatic carbocycles. The van der Waals surface area contributed by atoms with Gasteiger partial charge in [-0.1, -0.05) is 0 Å². The number of rotatable bonds is 9. The fourth-order valence-electron chi connectivity index (χ4n) is 2.77. The molecule has 1 aliphatic heterocycles. The molecule has 2 heterocycles. The van der Waals surface area contributed by atoms with E-state index < -0.39 is 43.5 Å². The van der Waals surface area contributed by atoms with Crippen LogP contribution >= 0.6 is 8.09 Å². The quantitative estimate of drug-likeness (QED) is 0.355. The zero-order chi connectivity index (χ0) is 23.1. The van der Waals surface area contributed by atoms with Crippen molar-refractivity contribution >= 4 is 25.9 Å². The Bertz CT molecular complexity index is 779. The number of ether oxygens (including phenoxy) is 2. The molecular formula is C19H30N3O8P. The molecule has 11 nitrogen and oxygen atoms in total. The topological polar surface area (TPSA) is 145 Å². The molecule has 31 heavy (non-hydrogen) atoms. The van der Waals surface area contributed by atoms with Crippen molar-refractivity contribution in [1.29, 1.82) is 0 Å². The van der Waals surface area contributed by atoms with Gasteiger partial charge in [-0.15, -0.1) is 0 Å². The Morgan fingerprint density at radius 1 is 1.42 bits per heavy atom. The summed E-state index contributed by atoms with van der Waals surface area (Å²) in [6.45, 7) is 5.10. The first-order valence-electron chi connectivity index (χ1n) is 9.78. The molecule has 0 spiro atoms. The number of nitrogens with zero attached hydrogens (tertiary/aromatic N) is 1. The number of carbonyl (C=O) groups excluding carboxylic acids is 3. The van der Waals surface area contributed by atoms with Gasteiger partial charge in [-0.25, -0.2) is 0 Å². The van der Waals surface area contributed by atoms with Gasteiger partial charge in [-0.05, 0) is 0 Å². The number of aromatic nitrogens is 1. The van der Waals surface area contributed by atoms with E-state index in [0.717, 1.165) is 5.56 Å². The van der Waals surface area contributed by atoms with Crippen LogP contribution in [-0.4, -0.2) is 60.1 Å². The summed E-state index contributed by atoms with van der Waals surface area (Å²) in [6.07, 6.45) is 2.14. The molecule has 174 valence electrons. The fourth-order valence-corrected chi connectivity index (χ4v) is 4.97. The van der Waals surface area contributed by atoms with Crippen LogP contribution in [0.1, 0.15) is 32.8 Å². The number of hydrogen-bond acceptors (Lipinski definition) is 10. The molecule has 1 fully saturated rings. The first kappa shape index (κ1) is 25.1. The summed E-state index contributed by atoms with van der Waals surface area (Å²) in [6, 6.07) is 2.54. The van der Waals surface area contributed by atoms with E-state index in [1.54, 1.807) is 38.4 Å². The number of pyridine rings is 1. The Morgan fingerprint density at radius 2 is 2.16 bits per heavy atom. The van der Waals surface area contributed by atoms with Crippen LogP contribution in [0.2, 0.25) is 0 Å². The van der Waals surface area contributed by atoms with E-state index in [4.69, 9.17) is 13.8 Å². The molecule has 0 saturated carbocycles. The van der Waals surface area contributed by atoms with Gasteiger partial charge in [-0.3, -0.25) is 0 Å². The second-order valence-electron chi connectivity index (χ2n) is 7.81. The van der Waals surface area contributed by atoms with Crippen molar-refractivity contribution < 1.29 is 37.8 Å². The third-order valence-corrected chi connectivity index (χ3v) is 6.47. The number of carbonyl (C=O) groups is 3. The van der Waals surface area contributed by atoms with E-state index in [1.165, 1.54) is 14.0 Å². The summed E-state index contributed by atoms with van der Waals surface area (Å²) >= 11 is 0. The summed E-state index contributed by atoms with van der Waals surface area (Å²) in [7, 11) is -2.81. The normalized spacial score (nSPS) is 21.4. The minimum absolute atomic E-state index is 0.00560. The maximum atomic E-state index is 12.6. The van der Waals surface area contributed by atoms with Crippen molar-refractivity contribution in [3.05, 3.63) is 30.1 Å². The van der Waals surface area contributed by atoms with E-state index in [1.807, 2.05) is 0 Å². The van der Waals surface area contributed by atoms with Gasteiger partial charge in [0.15, 0.2) is 0 Å². The summed E-state index contributed by atoms with van der Waals surface area (Å²) in [4.78, 5) is 50.8. The van der Waals surface area contributed by atoms with Crippen molar-refractivity contribution in [2.45, 2.75) is 45.9 Å². The van der Waals surface area contributed by atoms with Crippen LogP contribution in [0.25, 0.3) is 0 Å².